The molecule has 1 aliphatic heterocycles. The van der Waals surface area contributed by atoms with E-state index in [1.165, 1.54) is 5.56 Å². The molecule has 0 radical (unpaired) electrons. The van der Waals surface area contributed by atoms with Gasteiger partial charge < -0.3 is 15.1 Å². The molecule has 0 aliphatic carbocycles. The van der Waals surface area contributed by atoms with Crippen molar-refractivity contribution in [1.82, 2.24) is 10.2 Å². The lowest BCUT2D eigenvalue weighted by Gasteiger charge is -2.17. The van der Waals surface area contributed by atoms with Crippen molar-refractivity contribution in [1.29, 1.82) is 0 Å². The first-order valence-corrected chi connectivity index (χ1v) is 9.38. The maximum absolute atomic E-state index is 12.2. The van der Waals surface area contributed by atoms with Crippen molar-refractivity contribution in [3.8, 4) is 0 Å². The van der Waals surface area contributed by atoms with Gasteiger partial charge in [-0.15, -0.1) is 0 Å². The van der Waals surface area contributed by atoms with Gasteiger partial charge in [-0.05, 0) is 51.2 Å². The van der Waals surface area contributed by atoms with Gasteiger partial charge in [0.1, 0.15) is 0 Å². The van der Waals surface area contributed by atoms with Crippen LogP contribution in [0.2, 0.25) is 0 Å². The van der Waals surface area contributed by atoms with E-state index in [2.05, 4.69) is 51.4 Å². The Labute approximate surface area is 161 Å². The fourth-order valence-corrected chi connectivity index (χ4v) is 3.44. The summed E-state index contributed by atoms with van der Waals surface area (Å²) in [6, 6.07) is 9.13. The predicted octanol–water partition coefficient (Wildman–Crippen LogP) is 3.38. The number of benzene rings is 1. The fourth-order valence-electron chi connectivity index (χ4n) is 3.13. The molecule has 26 heavy (non-hydrogen) atoms. The topological polar surface area (TPSA) is 74.6 Å². The minimum Gasteiger partial charge on any atom is -0.444 e. The van der Waals surface area contributed by atoms with Gasteiger partial charge in [-0.25, -0.2) is 0 Å². The molecule has 1 aliphatic rings. The van der Waals surface area contributed by atoms with Crippen LogP contribution < -0.4 is 10.6 Å². The van der Waals surface area contributed by atoms with E-state index in [-0.39, 0.29) is 18.2 Å². The monoisotopic (exact) mass is 419 g/mol. The Morgan fingerprint density at radius 1 is 1.23 bits per heavy atom. The minimum absolute atomic E-state index is 0.115. The summed E-state index contributed by atoms with van der Waals surface area (Å²) >= 11 is 3.14. The van der Waals surface area contributed by atoms with Crippen molar-refractivity contribution in [3.63, 3.8) is 0 Å². The standard InChI is InChI=1S/C19H22BrN3O3/c1-12(2)9-23-10-13-4-3-5-15(14(13)11-23)22-18(24)8-21-19(25)16-6-7-17(20)26-16/h3-7,12H,8-11H2,1-2H3,(H,21,25)(H,22,24). The molecule has 0 saturated heterocycles. The third kappa shape index (κ3) is 4.53. The van der Waals surface area contributed by atoms with E-state index in [0.717, 1.165) is 30.9 Å². The second-order valence-electron chi connectivity index (χ2n) is 6.84. The van der Waals surface area contributed by atoms with Crippen LogP contribution in [0.15, 0.2) is 39.4 Å². The molecule has 0 unspecified atom stereocenters. The van der Waals surface area contributed by atoms with Gasteiger partial charge in [0.05, 0.1) is 6.54 Å². The average Bonchev–Trinajstić information content (AvgIpc) is 3.18. The van der Waals surface area contributed by atoms with E-state index in [9.17, 15) is 9.59 Å². The zero-order chi connectivity index (χ0) is 18.7. The quantitative estimate of drug-likeness (QED) is 0.752. The number of carbonyl (C=O) groups is 2. The number of anilines is 1. The molecule has 7 heteroatoms. The van der Waals surface area contributed by atoms with Crippen molar-refractivity contribution < 1.29 is 14.0 Å². The maximum atomic E-state index is 12.2. The number of furan rings is 1. The highest BCUT2D eigenvalue weighted by Crippen LogP contribution is 2.29. The molecule has 0 bridgehead atoms. The molecular weight excluding hydrogens is 398 g/mol. The lowest BCUT2D eigenvalue weighted by atomic mass is 10.1. The molecule has 0 spiro atoms. The summed E-state index contributed by atoms with van der Waals surface area (Å²) < 4.78 is 5.64. The molecule has 2 aromatic rings. The van der Waals surface area contributed by atoms with E-state index in [0.29, 0.717) is 10.6 Å². The van der Waals surface area contributed by atoms with Crippen LogP contribution in [-0.4, -0.2) is 29.8 Å². The van der Waals surface area contributed by atoms with E-state index in [1.54, 1.807) is 12.1 Å². The smallest absolute Gasteiger partial charge is 0.287 e. The first kappa shape index (κ1) is 18.7. The molecule has 138 valence electrons. The number of hydrogen-bond donors (Lipinski definition) is 2. The highest BCUT2D eigenvalue weighted by molar-refractivity contribution is 9.10. The Morgan fingerprint density at radius 2 is 2.04 bits per heavy atom. The minimum atomic E-state index is -0.424. The van der Waals surface area contributed by atoms with Crippen molar-refractivity contribution in [2.45, 2.75) is 26.9 Å². The third-order valence-electron chi connectivity index (χ3n) is 4.15. The van der Waals surface area contributed by atoms with Gasteiger partial charge in [0, 0.05) is 25.3 Å². The number of nitrogens with zero attached hydrogens (tertiary/aromatic N) is 1. The Bertz CT molecular complexity index is 816. The van der Waals surface area contributed by atoms with Crippen LogP contribution >= 0.6 is 15.9 Å². The van der Waals surface area contributed by atoms with E-state index in [1.807, 2.05) is 12.1 Å². The number of halogens is 1. The van der Waals surface area contributed by atoms with Crippen molar-refractivity contribution in [2.24, 2.45) is 5.92 Å². The molecule has 2 heterocycles. The van der Waals surface area contributed by atoms with Crippen LogP contribution in [0.3, 0.4) is 0 Å². The molecule has 1 aromatic carbocycles. The number of hydrogen-bond acceptors (Lipinski definition) is 4. The van der Waals surface area contributed by atoms with Crippen LogP contribution in [0, 0.1) is 5.92 Å². The summed E-state index contributed by atoms with van der Waals surface area (Å²) in [5.74, 6) is 0.0701. The van der Waals surface area contributed by atoms with Crippen molar-refractivity contribution in [3.05, 3.63) is 51.9 Å². The van der Waals surface area contributed by atoms with Gasteiger partial charge in [0.25, 0.3) is 5.91 Å². The van der Waals surface area contributed by atoms with Crippen molar-refractivity contribution >= 4 is 33.4 Å². The Hall–Kier alpha value is -2.12. The van der Waals surface area contributed by atoms with Gasteiger partial charge in [-0.3, -0.25) is 14.5 Å². The normalized spacial score (nSPS) is 13.7. The van der Waals surface area contributed by atoms with Gasteiger partial charge in [-0.1, -0.05) is 26.0 Å². The van der Waals surface area contributed by atoms with Crippen LogP contribution in [0.4, 0.5) is 5.69 Å². The summed E-state index contributed by atoms with van der Waals surface area (Å²) in [6.07, 6.45) is 0. The molecule has 2 N–H and O–H groups in total. The number of amides is 2. The Morgan fingerprint density at radius 3 is 2.73 bits per heavy atom. The molecule has 1 aromatic heterocycles. The largest absolute Gasteiger partial charge is 0.444 e. The van der Waals surface area contributed by atoms with E-state index >= 15 is 0 Å². The SMILES string of the molecule is CC(C)CN1Cc2cccc(NC(=O)CNC(=O)c3ccc(Br)o3)c2C1. The van der Waals surface area contributed by atoms with Gasteiger partial charge in [0.2, 0.25) is 5.91 Å². The molecule has 6 nitrogen and oxygen atoms in total. The molecular formula is C19H22BrN3O3. The molecule has 0 fully saturated rings. The maximum Gasteiger partial charge on any atom is 0.287 e. The number of rotatable bonds is 6. The Kier molecular flexibility index (Phi) is 5.78. The lowest BCUT2D eigenvalue weighted by Crippen LogP contribution is -2.32. The number of fused-ring (bicyclic) bond motifs is 1. The molecule has 2 amide bonds. The van der Waals surface area contributed by atoms with Crippen LogP contribution in [0.5, 0.6) is 0 Å². The van der Waals surface area contributed by atoms with Crippen LogP contribution in [0.1, 0.15) is 35.5 Å². The molecule has 0 atom stereocenters. The molecule has 0 saturated carbocycles. The van der Waals surface area contributed by atoms with Crippen LogP contribution in [0.25, 0.3) is 0 Å². The number of nitrogens with one attached hydrogen (secondary N) is 2. The lowest BCUT2D eigenvalue weighted by molar-refractivity contribution is -0.115. The second-order valence-corrected chi connectivity index (χ2v) is 7.62. The van der Waals surface area contributed by atoms with Gasteiger partial charge in [-0.2, -0.15) is 0 Å². The number of carbonyl (C=O) groups excluding carboxylic acids is 2. The summed E-state index contributed by atoms with van der Waals surface area (Å²) in [5, 5.41) is 5.47. The highest BCUT2D eigenvalue weighted by atomic mass is 79.9. The third-order valence-corrected chi connectivity index (χ3v) is 4.58. The zero-order valence-corrected chi connectivity index (χ0v) is 16.4. The summed E-state index contributed by atoms with van der Waals surface area (Å²) in [7, 11) is 0. The van der Waals surface area contributed by atoms with E-state index < -0.39 is 5.91 Å². The summed E-state index contributed by atoms with van der Waals surface area (Å²) in [6.45, 7) is 7.04. The fraction of sp³-hybridized carbons (Fsp3) is 0.368. The van der Waals surface area contributed by atoms with Gasteiger partial charge >= 0.3 is 0 Å². The van der Waals surface area contributed by atoms with Crippen molar-refractivity contribution in [2.75, 3.05) is 18.4 Å². The average molecular weight is 420 g/mol. The first-order chi connectivity index (χ1) is 12.4. The highest BCUT2D eigenvalue weighted by Gasteiger charge is 2.22. The zero-order valence-electron chi connectivity index (χ0n) is 14.8. The second kappa shape index (κ2) is 8.05. The predicted molar refractivity (Wildman–Crippen MR) is 103 cm³/mol. The van der Waals surface area contributed by atoms with E-state index in [4.69, 9.17) is 4.42 Å². The van der Waals surface area contributed by atoms with Crippen LogP contribution in [-0.2, 0) is 17.9 Å². The van der Waals surface area contributed by atoms with Gasteiger partial charge in [0.15, 0.2) is 10.4 Å². The summed E-state index contributed by atoms with van der Waals surface area (Å²) in [5.41, 5.74) is 3.21. The summed E-state index contributed by atoms with van der Waals surface area (Å²) in [4.78, 5) is 26.5. The molecule has 3 rings (SSSR count). The Balaban J connectivity index is 1.57. The first-order valence-electron chi connectivity index (χ1n) is 8.59.